The second kappa shape index (κ2) is 11.2. The number of hydrogen-bond donors (Lipinski definition) is 1. The maximum absolute atomic E-state index is 12.8. The molecule has 1 N–H and O–H groups in total. The minimum atomic E-state index is -0.682. The fourth-order valence-corrected chi connectivity index (χ4v) is 2.13. The highest BCUT2D eigenvalue weighted by atomic mass is 16.7. The summed E-state index contributed by atoms with van der Waals surface area (Å²) in [5, 5.41) is 3.77. The van der Waals surface area contributed by atoms with Crippen molar-refractivity contribution in [3.8, 4) is 0 Å². The van der Waals surface area contributed by atoms with Crippen LogP contribution in [0.2, 0.25) is 0 Å². The third-order valence-corrected chi connectivity index (χ3v) is 3.38. The summed E-state index contributed by atoms with van der Waals surface area (Å²) in [5.74, 6) is -0.427. The highest BCUT2D eigenvalue weighted by Crippen LogP contribution is 2.10. The topological polar surface area (TPSA) is 67.9 Å². The molecule has 0 aliphatic carbocycles. The Balaban J connectivity index is 2.79. The second-order valence-corrected chi connectivity index (χ2v) is 6.93. The normalized spacial score (nSPS) is 11.6. The summed E-state index contributed by atoms with van der Waals surface area (Å²) in [6.45, 7) is 11.3. The van der Waals surface area contributed by atoms with Crippen LogP contribution in [0, 0.1) is 0 Å². The molecule has 6 nitrogen and oxygen atoms in total. The summed E-state index contributed by atoms with van der Waals surface area (Å²) in [7, 11) is 0. The zero-order chi connectivity index (χ0) is 20.3. The number of ether oxygens (including phenoxy) is 1. The Hall–Kier alpha value is -2.60. The number of unbranched alkanes of at least 4 members (excludes halogenated alkanes) is 1. The molecular formula is C21H30N2O4. The van der Waals surface area contributed by atoms with Crippen LogP contribution < -0.4 is 5.32 Å². The molecule has 0 spiro atoms. The van der Waals surface area contributed by atoms with Crippen molar-refractivity contribution in [3.63, 3.8) is 0 Å². The predicted octanol–water partition coefficient (Wildman–Crippen LogP) is 4.34. The fourth-order valence-electron chi connectivity index (χ4n) is 2.13. The highest BCUT2D eigenvalue weighted by molar-refractivity contribution is 5.95. The summed E-state index contributed by atoms with van der Waals surface area (Å²) in [5.41, 5.74) is 0.400. The molecule has 0 aliphatic heterocycles. The number of amides is 2. The standard InChI is InChI=1S/C21H30N2O4/c1-6-8-12-15-23(26-16-17-13-10-9-11-14-17)19(24)18(7-2)22-20(25)27-21(3,4)5/h6-7,9-11,13-14H,1,8,12,15-16H2,2-5H3,(H,22,25)/b18-7-. The van der Waals surface area contributed by atoms with Gasteiger partial charge < -0.3 is 4.74 Å². The third kappa shape index (κ3) is 9.06. The number of hydrogen-bond acceptors (Lipinski definition) is 4. The lowest BCUT2D eigenvalue weighted by Gasteiger charge is -2.24. The van der Waals surface area contributed by atoms with Gasteiger partial charge in [0.15, 0.2) is 0 Å². The number of rotatable bonds is 9. The maximum atomic E-state index is 12.8. The van der Waals surface area contributed by atoms with Crippen LogP contribution in [0.25, 0.3) is 0 Å². The van der Waals surface area contributed by atoms with Crippen LogP contribution in [-0.2, 0) is 21.0 Å². The van der Waals surface area contributed by atoms with E-state index in [0.717, 1.165) is 12.0 Å². The Labute approximate surface area is 161 Å². The molecule has 1 aromatic rings. The van der Waals surface area contributed by atoms with E-state index in [-0.39, 0.29) is 12.3 Å². The van der Waals surface area contributed by atoms with Crippen molar-refractivity contribution in [2.75, 3.05) is 6.54 Å². The fraction of sp³-hybridized carbons (Fsp3) is 0.429. The number of nitrogens with one attached hydrogen (secondary N) is 1. The molecule has 0 bridgehead atoms. The minimum absolute atomic E-state index is 0.107. The van der Waals surface area contributed by atoms with E-state index in [9.17, 15) is 9.59 Å². The SMILES string of the molecule is C=CCCCN(OCc1ccccc1)C(=O)/C(=C/C)NC(=O)OC(C)(C)C. The summed E-state index contributed by atoms with van der Waals surface area (Å²) in [4.78, 5) is 30.5. The number of nitrogens with zero attached hydrogens (tertiary/aromatic N) is 1. The molecule has 27 heavy (non-hydrogen) atoms. The average molecular weight is 374 g/mol. The summed E-state index contributed by atoms with van der Waals surface area (Å²) in [6, 6.07) is 9.57. The number of carbonyl (C=O) groups is 2. The monoisotopic (exact) mass is 374 g/mol. The van der Waals surface area contributed by atoms with Gasteiger partial charge in [0.05, 0.1) is 0 Å². The van der Waals surface area contributed by atoms with E-state index in [1.54, 1.807) is 33.8 Å². The van der Waals surface area contributed by atoms with Crippen LogP contribution in [0.4, 0.5) is 4.79 Å². The number of alkyl carbamates (subject to hydrolysis) is 1. The van der Waals surface area contributed by atoms with Gasteiger partial charge in [0.25, 0.3) is 5.91 Å². The van der Waals surface area contributed by atoms with Crippen molar-refractivity contribution in [2.45, 2.75) is 52.7 Å². The van der Waals surface area contributed by atoms with E-state index in [4.69, 9.17) is 9.57 Å². The summed E-state index contributed by atoms with van der Waals surface area (Å²) < 4.78 is 5.21. The van der Waals surface area contributed by atoms with Gasteiger partial charge in [-0.05, 0) is 46.1 Å². The Morgan fingerprint density at radius 3 is 2.44 bits per heavy atom. The van der Waals surface area contributed by atoms with Gasteiger partial charge in [-0.3, -0.25) is 14.9 Å². The molecule has 0 radical (unpaired) electrons. The molecule has 0 saturated heterocycles. The van der Waals surface area contributed by atoms with Gasteiger partial charge in [-0.15, -0.1) is 6.58 Å². The number of benzene rings is 1. The first-order valence-corrected chi connectivity index (χ1v) is 9.02. The summed E-state index contributed by atoms with van der Waals surface area (Å²) in [6.07, 6.45) is 4.09. The van der Waals surface area contributed by atoms with Gasteiger partial charge in [-0.25, -0.2) is 9.86 Å². The van der Waals surface area contributed by atoms with Crippen molar-refractivity contribution in [2.24, 2.45) is 0 Å². The van der Waals surface area contributed by atoms with Crippen molar-refractivity contribution >= 4 is 12.0 Å². The Kier molecular flexibility index (Phi) is 9.30. The maximum Gasteiger partial charge on any atom is 0.412 e. The van der Waals surface area contributed by atoms with Crippen molar-refractivity contribution in [1.29, 1.82) is 0 Å². The van der Waals surface area contributed by atoms with Gasteiger partial charge in [0, 0.05) is 6.54 Å². The van der Waals surface area contributed by atoms with Crippen LogP contribution in [0.3, 0.4) is 0 Å². The van der Waals surface area contributed by atoms with Crippen molar-refractivity contribution < 1.29 is 19.2 Å². The first-order chi connectivity index (χ1) is 12.8. The van der Waals surface area contributed by atoms with Gasteiger partial charge in [0.1, 0.15) is 17.9 Å². The van der Waals surface area contributed by atoms with Crippen LogP contribution in [0.5, 0.6) is 0 Å². The highest BCUT2D eigenvalue weighted by Gasteiger charge is 2.23. The van der Waals surface area contributed by atoms with Gasteiger partial charge in [-0.1, -0.05) is 42.5 Å². The average Bonchev–Trinajstić information content (AvgIpc) is 2.61. The molecule has 6 heteroatoms. The van der Waals surface area contributed by atoms with E-state index >= 15 is 0 Å². The molecular weight excluding hydrogens is 344 g/mol. The van der Waals surface area contributed by atoms with E-state index in [2.05, 4.69) is 11.9 Å². The number of hydroxylamine groups is 2. The second-order valence-electron chi connectivity index (χ2n) is 6.93. The zero-order valence-corrected chi connectivity index (χ0v) is 16.7. The molecule has 0 heterocycles. The Morgan fingerprint density at radius 1 is 1.22 bits per heavy atom. The molecule has 0 saturated carbocycles. The lowest BCUT2D eigenvalue weighted by molar-refractivity contribution is -0.188. The van der Waals surface area contributed by atoms with Gasteiger partial charge >= 0.3 is 6.09 Å². The first-order valence-electron chi connectivity index (χ1n) is 9.02. The molecule has 1 aromatic carbocycles. The molecule has 0 atom stereocenters. The van der Waals surface area contributed by atoms with Crippen molar-refractivity contribution in [1.82, 2.24) is 10.4 Å². The van der Waals surface area contributed by atoms with E-state index in [1.807, 2.05) is 30.3 Å². The molecule has 0 fully saturated rings. The van der Waals surface area contributed by atoms with Crippen LogP contribution in [-0.4, -0.2) is 29.2 Å². The molecule has 0 unspecified atom stereocenters. The van der Waals surface area contributed by atoms with E-state index in [1.165, 1.54) is 11.1 Å². The van der Waals surface area contributed by atoms with E-state index < -0.39 is 17.6 Å². The Morgan fingerprint density at radius 2 is 1.89 bits per heavy atom. The third-order valence-electron chi connectivity index (χ3n) is 3.38. The first kappa shape index (κ1) is 22.4. The number of carbonyl (C=O) groups excluding carboxylic acids is 2. The minimum Gasteiger partial charge on any atom is -0.444 e. The molecule has 0 aliphatic rings. The predicted molar refractivity (Wildman–Crippen MR) is 106 cm³/mol. The molecule has 1 rings (SSSR count). The Bertz CT molecular complexity index is 648. The van der Waals surface area contributed by atoms with Crippen LogP contribution in [0.15, 0.2) is 54.8 Å². The quantitative estimate of drug-likeness (QED) is 0.302. The van der Waals surface area contributed by atoms with Crippen LogP contribution in [0.1, 0.15) is 46.1 Å². The molecule has 2 amide bonds. The molecule has 0 aromatic heterocycles. The van der Waals surface area contributed by atoms with Crippen LogP contribution >= 0.6 is 0 Å². The lowest BCUT2D eigenvalue weighted by Crippen LogP contribution is -2.40. The van der Waals surface area contributed by atoms with Gasteiger partial charge in [-0.2, -0.15) is 0 Å². The van der Waals surface area contributed by atoms with E-state index in [0.29, 0.717) is 13.0 Å². The number of allylic oxidation sites excluding steroid dienone is 2. The van der Waals surface area contributed by atoms with Gasteiger partial charge in [0.2, 0.25) is 0 Å². The molecule has 148 valence electrons. The zero-order valence-electron chi connectivity index (χ0n) is 16.7. The van der Waals surface area contributed by atoms with Crippen molar-refractivity contribution in [3.05, 3.63) is 60.3 Å². The summed E-state index contributed by atoms with van der Waals surface area (Å²) >= 11 is 0. The largest absolute Gasteiger partial charge is 0.444 e. The lowest BCUT2D eigenvalue weighted by atomic mass is 10.2. The smallest absolute Gasteiger partial charge is 0.412 e.